The molecule has 0 saturated carbocycles. The molecule has 0 atom stereocenters. The summed E-state index contributed by atoms with van der Waals surface area (Å²) in [6, 6.07) is 0. The molecule has 1 fully saturated rings. The molecule has 2 nitrogen and oxygen atoms in total. The molecule has 0 aromatic carbocycles. The summed E-state index contributed by atoms with van der Waals surface area (Å²) >= 11 is 1.05. The van der Waals surface area contributed by atoms with Gasteiger partial charge in [0.25, 0.3) is 0 Å². The molecule has 0 bridgehead atoms. The number of nitrogens with one attached hydrogen (secondary N) is 1. The topological polar surface area (TPSA) is 29.1 Å². The van der Waals surface area contributed by atoms with E-state index in [4.69, 9.17) is 0 Å². The van der Waals surface area contributed by atoms with Crippen molar-refractivity contribution in [3.05, 3.63) is 11.1 Å². The number of alkyl halides is 5. The van der Waals surface area contributed by atoms with Crippen molar-refractivity contribution in [2.75, 3.05) is 12.3 Å². The number of carbonyl (C=O) groups excluding carboxylic acids is 1. The largest absolute Gasteiger partial charge is 0.461 e. The third-order valence-corrected chi connectivity index (χ3v) is 2.87. The van der Waals surface area contributed by atoms with E-state index >= 15 is 0 Å². The van der Waals surface area contributed by atoms with E-state index in [2.05, 4.69) is 5.32 Å². The SMILES string of the molecule is O=C(C=C1NCCCS1)C(F)(F)C(F)(F)F. The zero-order chi connectivity index (χ0) is 12.4. The van der Waals surface area contributed by atoms with Crippen LogP contribution in [-0.4, -0.2) is 30.2 Å². The van der Waals surface area contributed by atoms with Crippen molar-refractivity contribution < 1.29 is 26.7 Å². The fourth-order valence-corrected chi connectivity index (χ4v) is 1.86. The van der Waals surface area contributed by atoms with Gasteiger partial charge in [-0.05, 0) is 6.42 Å². The molecular formula is C8H8F5NOS. The lowest BCUT2D eigenvalue weighted by Crippen LogP contribution is -2.43. The first-order valence-corrected chi connectivity index (χ1v) is 5.31. The number of thioether (sulfide) groups is 1. The van der Waals surface area contributed by atoms with Crippen molar-refractivity contribution in [1.29, 1.82) is 0 Å². The zero-order valence-electron chi connectivity index (χ0n) is 7.90. The van der Waals surface area contributed by atoms with Crippen molar-refractivity contribution in [2.24, 2.45) is 0 Å². The Morgan fingerprint density at radius 2 is 1.94 bits per heavy atom. The molecule has 0 aliphatic carbocycles. The summed E-state index contributed by atoms with van der Waals surface area (Å²) in [6.45, 7) is 0.462. The fraction of sp³-hybridized carbons (Fsp3) is 0.625. The van der Waals surface area contributed by atoms with Crippen molar-refractivity contribution in [1.82, 2.24) is 5.32 Å². The van der Waals surface area contributed by atoms with Gasteiger partial charge in [-0.2, -0.15) is 22.0 Å². The van der Waals surface area contributed by atoms with Crippen LogP contribution < -0.4 is 5.32 Å². The van der Waals surface area contributed by atoms with Crippen molar-refractivity contribution >= 4 is 17.5 Å². The maximum absolute atomic E-state index is 12.5. The standard InChI is InChI=1S/C8H8F5NOS/c9-7(10,8(11,12)13)5(15)4-6-14-2-1-3-16-6/h4,14H,1-3H2. The molecule has 0 aromatic heterocycles. The van der Waals surface area contributed by atoms with Crippen LogP contribution in [-0.2, 0) is 4.79 Å². The average molecular weight is 261 g/mol. The Kier molecular flexibility index (Phi) is 3.82. The van der Waals surface area contributed by atoms with Crippen molar-refractivity contribution in [3.63, 3.8) is 0 Å². The van der Waals surface area contributed by atoms with Crippen LogP contribution in [0.15, 0.2) is 11.1 Å². The first kappa shape index (κ1) is 13.3. The number of hydrogen-bond acceptors (Lipinski definition) is 3. The minimum Gasteiger partial charge on any atom is -0.380 e. The van der Waals surface area contributed by atoms with Crippen LogP contribution in [0.2, 0.25) is 0 Å². The van der Waals surface area contributed by atoms with Crippen molar-refractivity contribution in [3.8, 4) is 0 Å². The van der Waals surface area contributed by atoms with Gasteiger partial charge < -0.3 is 5.32 Å². The van der Waals surface area contributed by atoms with E-state index in [1.165, 1.54) is 0 Å². The van der Waals surface area contributed by atoms with Gasteiger partial charge in [0.2, 0.25) is 5.78 Å². The van der Waals surface area contributed by atoms with Gasteiger partial charge in [0.05, 0.1) is 5.03 Å². The third kappa shape index (κ3) is 2.87. The highest BCUT2D eigenvalue weighted by atomic mass is 32.2. The van der Waals surface area contributed by atoms with Crippen LogP contribution in [0.1, 0.15) is 6.42 Å². The van der Waals surface area contributed by atoms with Gasteiger partial charge in [0.1, 0.15) is 0 Å². The molecule has 1 heterocycles. The van der Waals surface area contributed by atoms with Gasteiger partial charge in [-0.15, -0.1) is 11.8 Å². The van der Waals surface area contributed by atoms with Gasteiger partial charge in [-0.25, -0.2) is 0 Å². The minimum atomic E-state index is -5.85. The number of halogens is 5. The van der Waals surface area contributed by atoms with Crippen LogP contribution >= 0.6 is 11.8 Å². The molecule has 1 rings (SSSR count). The summed E-state index contributed by atoms with van der Waals surface area (Å²) in [6.07, 6.45) is -4.76. The molecule has 1 aliphatic rings. The van der Waals surface area contributed by atoms with Gasteiger partial charge in [-0.1, -0.05) is 0 Å². The molecule has 16 heavy (non-hydrogen) atoms. The Balaban J connectivity index is 2.78. The Hall–Kier alpha value is -0.790. The smallest absolute Gasteiger partial charge is 0.380 e. The Bertz CT molecular complexity index is 304. The summed E-state index contributed by atoms with van der Waals surface area (Å²) in [4.78, 5) is 10.8. The van der Waals surface area contributed by atoms with Crippen LogP contribution in [0.25, 0.3) is 0 Å². The Morgan fingerprint density at radius 1 is 1.31 bits per heavy atom. The quantitative estimate of drug-likeness (QED) is 0.611. The van der Waals surface area contributed by atoms with E-state index in [-0.39, 0.29) is 5.03 Å². The molecule has 0 aromatic rings. The van der Waals surface area contributed by atoms with Gasteiger partial charge in [0.15, 0.2) is 0 Å². The lowest BCUT2D eigenvalue weighted by Gasteiger charge is -2.19. The average Bonchev–Trinajstić information content (AvgIpc) is 2.17. The highest BCUT2D eigenvalue weighted by molar-refractivity contribution is 8.03. The third-order valence-electron chi connectivity index (χ3n) is 1.81. The monoisotopic (exact) mass is 261 g/mol. The first-order valence-electron chi connectivity index (χ1n) is 4.32. The molecular weight excluding hydrogens is 253 g/mol. The molecule has 1 N–H and O–H groups in total. The molecule has 1 saturated heterocycles. The van der Waals surface area contributed by atoms with Crippen LogP contribution in [0.4, 0.5) is 22.0 Å². The number of ketones is 1. The number of rotatable bonds is 2. The molecule has 0 amide bonds. The molecule has 0 unspecified atom stereocenters. The van der Waals surface area contributed by atoms with Crippen LogP contribution in [0, 0.1) is 0 Å². The van der Waals surface area contributed by atoms with Crippen LogP contribution in [0.5, 0.6) is 0 Å². The summed E-state index contributed by atoms with van der Waals surface area (Å²) in [5, 5.41) is 2.63. The zero-order valence-corrected chi connectivity index (χ0v) is 8.72. The first-order chi connectivity index (χ1) is 7.25. The normalized spacial score (nSPS) is 20.7. The van der Waals surface area contributed by atoms with E-state index in [1.54, 1.807) is 0 Å². The van der Waals surface area contributed by atoms with E-state index in [1.807, 2.05) is 0 Å². The number of carbonyl (C=O) groups is 1. The number of allylic oxidation sites excluding steroid dienone is 1. The second-order valence-electron chi connectivity index (χ2n) is 3.07. The second-order valence-corrected chi connectivity index (χ2v) is 4.21. The summed E-state index contributed by atoms with van der Waals surface area (Å²) in [7, 11) is 0. The maximum atomic E-state index is 12.5. The number of hydrogen-bond donors (Lipinski definition) is 1. The molecule has 92 valence electrons. The lowest BCUT2D eigenvalue weighted by molar-refractivity contribution is -0.266. The fourth-order valence-electron chi connectivity index (χ4n) is 0.959. The summed E-state index contributed by atoms with van der Waals surface area (Å²) < 4.78 is 60.5. The Morgan fingerprint density at radius 3 is 2.38 bits per heavy atom. The van der Waals surface area contributed by atoms with Gasteiger partial charge in [-0.3, -0.25) is 4.79 Å². The predicted octanol–water partition coefficient (Wildman–Crippen LogP) is 2.32. The van der Waals surface area contributed by atoms with E-state index in [9.17, 15) is 26.7 Å². The van der Waals surface area contributed by atoms with E-state index < -0.39 is 17.9 Å². The van der Waals surface area contributed by atoms with Crippen LogP contribution in [0.3, 0.4) is 0 Å². The molecule has 0 radical (unpaired) electrons. The highest BCUT2D eigenvalue weighted by Crippen LogP contribution is 2.37. The predicted molar refractivity (Wildman–Crippen MR) is 49.2 cm³/mol. The van der Waals surface area contributed by atoms with E-state index in [0.717, 1.165) is 18.2 Å². The molecule has 8 heteroatoms. The minimum absolute atomic E-state index is 0.0557. The van der Waals surface area contributed by atoms with E-state index in [0.29, 0.717) is 18.4 Å². The lowest BCUT2D eigenvalue weighted by atomic mass is 10.2. The summed E-state index contributed by atoms with van der Waals surface area (Å²) in [5.74, 6) is -6.97. The van der Waals surface area contributed by atoms with Crippen molar-refractivity contribution in [2.45, 2.75) is 18.5 Å². The molecule has 1 aliphatic heterocycles. The maximum Gasteiger partial charge on any atom is 0.461 e. The van der Waals surface area contributed by atoms with Gasteiger partial charge >= 0.3 is 12.1 Å². The highest BCUT2D eigenvalue weighted by Gasteiger charge is 2.62. The summed E-state index contributed by atoms with van der Waals surface area (Å²) in [5.41, 5.74) is 0. The molecule has 0 spiro atoms. The van der Waals surface area contributed by atoms with Gasteiger partial charge in [0, 0.05) is 18.4 Å². The Labute approximate surface area is 92.3 Å². The second kappa shape index (κ2) is 4.60.